The Kier molecular flexibility index (Phi) is 5.67. The van der Waals surface area contributed by atoms with Gasteiger partial charge in [0.1, 0.15) is 4.34 Å². The molecule has 1 fully saturated rings. The Hall–Kier alpha value is -1.48. The average Bonchev–Trinajstić information content (AvgIpc) is 3.00. The molecule has 1 aliphatic heterocycles. The van der Waals surface area contributed by atoms with Crippen molar-refractivity contribution in [1.82, 2.24) is 9.29 Å². The van der Waals surface area contributed by atoms with E-state index in [9.17, 15) is 13.2 Å². The van der Waals surface area contributed by atoms with E-state index in [1.807, 2.05) is 6.92 Å². The van der Waals surface area contributed by atoms with Crippen LogP contribution in [-0.2, 0) is 10.0 Å². The van der Waals surface area contributed by atoms with Crippen molar-refractivity contribution in [2.75, 3.05) is 11.9 Å². The number of aromatic nitrogens is 1. The van der Waals surface area contributed by atoms with Gasteiger partial charge in [0.05, 0.1) is 11.1 Å². The van der Waals surface area contributed by atoms with Gasteiger partial charge >= 0.3 is 0 Å². The topological polar surface area (TPSA) is 79.4 Å². The molecular weight excluding hydrogens is 394 g/mol. The van der Waals surface area contributed by atoms with Gasteiger partial charge in [0.2, 0.25) is 10.0 Å². The smallest absolute Gasteiger partial charge is 0.257 e. The third-order valence-electron chi connectivity index (χ3n) is 4.50. The van der Waals surface area contributed by atoms with Crippen LogP contribution in [0.25, 0.3) is 0 Å². The normalized spacial score (nSPS) is 18.7. The lowest BCUT2D eigenvalue weighted by molar-refractivity contribution is 0.102. The molecule has 1 atom stereocenters. The lowest BCUT2D eigenvalue weighted by Gasteiger charge is -2.32. The predicted molar refractivity (Wildman–Crippen MR) is 103 cm³/mol. The van der Waals surface area contributed by atoms with Gasteiger partial charge in [-0.1, -0.05) is 35.4 Å². The minimum atomic E-state index is -3.63. The van der Waals surface area contributed by atoms with Crippen molar-refractivity contribution in [1.29, 1.82) is 0 Å². The van der Waals surface area contributed by atoms with Crippen LogP contribution in [-0.4, -0.2) is 36.2 Å². The summed E-state index contributed by atoms with van der Waals surface area (Å²) in [5.41, 5.74) is 0.998. The van der Waals surface area contributed by atoms with Crippen molar-refractivity contribution >= 4 is 44.0 Å². The molecule has 26 heavy (non-hydrogen) atoms. The number of nitrogens with zero attached hydrogens (tertiary/aromatic N) is 2. The van der Waals surface area contributed by atoms with Crippen LogP contribution in [0.5, 0.6) is 0 Å². The summed E-state index contributed by atoms with van der Waals surface area (Å²) in [6, 6.07) is 4.62. The van der Waals surface area contributed by atoms with E-state index in [1.165, 1.54) is 16.6 Å². The minimum absolute atomic E-state index is 0.0372. The number of hydrogen-bond donors (Lipinski definition) is 1. The SMILES string of the molecule is Cc1ccc(S(=O)(=O)N2CCCC[C@H]2C)cc1C(=O)Nc1ncc(Cl)s1. The molecule has 2 aromatic rings. The first-order chi connectivity index (χ1) is 12.3. The van der Waals surface area contributed by atoms with E-state index in [0.717, 1.165) is 30.6 Å². The first-order valence-corrected chi connectivity index (χ1v) is 11.0. The van der Waals surface area contributed by atoms with E-state index in [1.54, 1.807) is 19.1 Å². The summed E-state index contributed by atoms with van der Waals surface area (Å²) in [5, 5.41) is 3.03. The lowest BCUT2D eigenvalue weighted by Crippen LogP contribution is -2.42. The number of piperidine rings is 1. The van der Waals surface area contributed by atoms with Crippen LogP contribution in [0.15, 0.2) is 29.3 Å². The number of amides is 1. The zero-order chi connectivity index (χ0) is 18.9. The molecule has 0 saturated carbocycles. The quantitative estimate of drug-likeness (QED) is 0.823. The van der Waals surface area contributed by atoms with E-state index in [0.29, 0.717) is 27.1 Å². The number of aryl methyl sites for hydroxylation is 1. The number of nitrogens with one attached hydrogen (secondary N) is 1. The molecule has 1 aromatic heterocycles. The van der Waals surface area contributed by atoms with Gasteiger partial charge in [-0.3, -0.25) is 10.1 Å². The summed E-state index contributed by atoms with van der Waals surface area (Å²) >= 11 is 6.97. The molecule has 0 unspecified atom stereocenters. The summed E-state index contributed by atoms with van der Waals surface area (Å²) in [6.07, 6.45) is 4.19. The second-order valence-electron chi connectivity index (χ2n) is 6.36. The second-order valence-corrected chi connectivity index (χ2v) is 9.91. The molecule has 140 valence electrons. The van der Waals surface area contributed by atoms with Crippen LogP contribution < -0.4 is 5.32 Å². The van der Waals surface area contributed by atoms with Crippen molar-refractivity contribution in [3.05, 3.63) is 39.9 Å². The van der Waals surface area contributed by atoms with E-state index in [2.05, 4.69) is 10.3 Å². The number of hydrogen-bond acceptors (Lipinski definition) is 5. The van der Waals surface area contributed by atoms with Crippen LogP contribution in [0.2, 0.25) is 4.34 Å². The standard InChI is InChI=1S/C17H20ClN3O3S2/c1-11-6-7-13(26(23,24)21-8-4-3-5-12(21)2)9-14(11)16(22)20-17-19-10-15(18)25-17/h6-7,9-10,12H,3-5,8H2,1-2H3,(H,19,20,22)/t12-/m1/s1. The molecule has 1 aromatic carbocycles. The van der Waals surface area contributed by atoms with Gasteiger partial charge in [-0.05, 0) is 44.4 Å². The predicted octanol–water partition coefficient (Wildman–Crippen LogP) is 3.92. The van der Waals surface area contributed by atoms with Crippen molar-refractivity contribution < 1.29 is 13.2 Å². The number of rotatable bonds is 4. The van der Waals surface area contributed by atoms with Gasteiger partial charge in [0.25, 0.3) is 5.91 Å². The number of anilines is 1. The Labute approximate surface area is 162 Å². The lowest BCUT2D eigenvalue weighted by atomic mass is 10.1. The van der Waals surface area contributed by atoms with Crippen LogP contribution in [0.4, 0.5) is 5.13 Å². The highest BCUT2D eigenvalue weighted by atomic mass is 35.5. The van der Waals surface area contributed by atoms with E-state index in [4.69, 9.17) is 11.6 Å². The number of halogens is 1. The highest BCUT2D eigenvalue weighted by molar-refractivity contribution is 7.89. The molecule has 0 bridgehead atoms. The summed E-state index contributed by atoms with van der Waals surface area (Å²) in [4.78, 5) is 16.7. The monoisotopic (exact) mass is 413 g/mol. The van der Waals surface area contributed by atoms with Crippen molar-refractivity contribution in [3.63, 3.8) is 0 Å². The van der Waals surface area contributed by atoms with E-state index in [-0.39, 0.29) is 10.9 Å². The highest BCUT2D eigenvalue weighted by Gasteiger charge is 2.31. The maximum Gasteiger partial charge on any atom is 0.257 e. The summed E-state index contributed by atoms with van der Waals surface area (Å²) in [7, 11) is -3.63. The molecule has 0 radical (unpaired) electrons. The number of sulfonamides is 1. The fraction of sp³-hybridized carbons (Fsp3) is 0.412. The Morgan fingerprint density at radius 2 is 2.15 bits per heavy atom. The number of carbonyl (C=O) groups is 1. The molecule has 1 aliphatic rings. The summed E-state index contributed by atoms with van der Waals surface area (Å²) in [5.74, 6) is -0.405. The molecule has 3 rings (SSSR count). The van der Waals surface area contributed by atoms with Gasteiger partial charge in [-0.2, -0.15) is 4.31 Å². The Morgan fingerprint density at radius 1 is 1.38 bits per heavy atom. The first-order valence-electron chi connectivity index (χ1n) is 8.34. The number of carbonyl (C=O) groups excluding carboxylic acids is 1. The van der Waals surface area contributed by atoms with E-state index >= 15 is 0 Å². The Bertz CT molecular complexity index is 927. The Morgan fingerprint density at radius 3 is 2.81 bits per heavy atom. The van der Waals surface area contributed by atoms with Gasteiger partial charge in [-0.25, -0.2) is 13.4 Å². The molecule has 6 nitrogen and oxygen atoms in total. The van der Waals surface area contributed by atoms with Crippen LogP contribution in [0, 0.1) is 6.92 Å². The third-order valence-corrected chi connectivity index (χ3v) is 7.54. The molecule has 2 heterocycles. The van der Waals surface area contributed by atoms with Gasteiger partial charge < -0.3 is 0 Å². The Balaban J connectivity index is 1.90. The van der Waals surface area contributed by atoms with Crippen LogP contribution >= 0.6 is 22.9 Å². The zero-order valence-corrected chi connectivity index (χ0v) is 16.9. The molecule has 1 amide bonds. The van der Waals surface area contributed by atoms with Gasteiger partial charge in [0, 0.05) is 18.2 Å². The fourth-order valence-corrected chi connectivity index (χ4v) is 5.58. The van der Waals surface area contributed by atoms with E-state index < -0.39 is 15.9 Å². The maximum atomic E-state index is 13.0. The van der Waals surface area contributed by atoms with Gasteiger partial charge in [-0.15, -0.1) is 0 Å². The molecule has 9 heteroatoms. The molecular formula is C17H20ClN3O3S2. The zero-order valence-electron chi connectivity index (χ0n) is 14.5. The molecule has 1 saturated heterocycles. The third kappa shape index (κ3) is 3.93. The largest absolute Gasteiger partial charge is 0.298 e. The fourth-order valence-electron chi connectivity index (χ4n) is 3.05. The maximum absolute atomic E-state index is 13.0. The number of thiazole rings is 1. The van der Waals surface area contributed by atoms with Crippen molar-refractivity contribution in [2.45, 2.75) is 44.0 Å². The van der Waals surface area contributed by atoms with Crippen LogP contribution in [0.1, 0.15) is 42.1 Å². The molecule has 0 spiro atoms. The first kappa shape index (κ1) is 19.3. The highest BCUT2D eigenvalue weighted by Crippen LogP contribution is 2.27. The second kappa shape index (κ2) is 7.64. The van der Waals surface area contributed by atoms with Crippen molar-refractivity contribution in [3.8, 4) is 0 Å². The summed E-state index contributed by atoms with van der Waals surface area (Å²) < 4.78 is 28.0. The van der Waals surface area contributed by atoms with Gasteiger partial charge in [0.15, 0.2) is 5.13 Å². The summed E-state index contributed by atoms with van der Waals surface area (Å²) in [6.45, 7) is 4.20. The number of benzene rings is 1. The minimum Gasteiger partial charge on any atom is -0.298 e. The van der Waals surface area contributed by atoms with Crippen molar-refractivity contribution in [2.24, 2.45) is 0 Å². The van der Waals surface area contributed by atoms with Crippen LogP contribution in [0.3, 0.4) is 0 Å². The molecule has 0 aliphatic carbocycles. The average molecular weight is 414 g/mol. The molecule has 1 N–H and O–H groups in total.